The molecule has 150 valence electrons. The van der Waals surface area contributed by atoms with E-state index in [9.17, 15) is 14.5 Å². The molecule has 0 fully saturated rings. The normalized spacial score (nSPS) is 19.5. The molecule has 0 spiro atoms. The Morgan fingerprint density at radius 2 is 1.83 bits per heavy atom. The van der Waals surface area contributed by atoms with Gasteiger partial charge in [0.05, 0.1) is 16.7 Å². The smallest absolute Gasteiger partial charge is 0.269 e. The molecule has 0 radical (unpaired) electrons. The molecule has 0 aliphatic carbocycles. The van der Waals surface area contributed by atoms with E-state index in [4.69, 9.17) is 9.84 Å². The lowest BCUT2D eigenvalue weighted by molar-refractivity contribution is -0.384. The van der Waals surface area contributed by atoms with Gasteiger partial charge in [-0.3, -0.25) is 10.1 Å². The van der Waals surface area contributed by atoms with E-state index in [0.29, 0.717) is 6.42 Å². The van der Waals surface area contributed by atoms with E-state index in [2.05, 4.69) is 15.9 Å². The lowest BCUT2D eigenvalue weighted by Gasteiger charge is -2.38. The monoisotopic (exact) mass is 467 g/mol. The molecule has 2 aliphatic rings. The Bertz CT molecular complexity index is 1170. The summed E-state index contributed by atoms with van der Waals surface area (Å²) in [5.74, 6) is 0.454. The van der Waals surface area contributed by atoms with Crippen molar-refractivity contribution < 1.29 is 14.1 Å². The van der Waals surface area contributed by atoms with Crippen molar-refractivity contribution in [3.05, 3.63) is 104 Å². The number of halogens is 2. The van der Waals surface area contributed by atoms with Gasteiger partial charge in [-0.25, -0.2) is 9.40 Å². The average Bonchev–Trinajstić information content (AvgIpc) is 3.19. The van der Waals surface area contributed by atoms with E-state index in [1.54, 1.807) is 24.3 Å². The van der Waals surface area contributed by atoms with Crippen LogP contribution in [0, 0.1) is 15.9 Å². The van der Waals surface area contributed by atoms with Gasteiger partial charge < -0.3 is 4.74 Å². The van der Waals surface area contributed by atoms with Crippen molar-refractivity contribution in [1.82, 2.24) is 5.01 Å². The largest absolute Gasteiger partial charge is 0.464 e. The molecule has 6 nitrogen and oxygen atoms in total. The Morgan fingerprint density at radius 1 is 1.10 bits per heavy atom. The van der Waals surface area contributed by atoms with Crippen LogP contribution in [0.4, 0.5) is 10.1 Å². The van der Waals surface area contributed by atoms with Crippen molar-refractivity contribution in [2.45, 2.75) is 18.7 Å². The quantitative estimate of drug-likeness (QED) is 0.363. The minimum atomic E-state index is -0.526. The highest BCUT2D eigenvalue weighted by Crippen LogP contribution is 2.48. The molecule has 0 amide bonds. The van der Waals surface area contributed by atoms with E-state index in [-0.39, 0.29) is 17.5 Å². The number of nitrogens with zero attached hydrogens (tertiary/aromatic N) is 3. The fourth-order valence-corrected chi connectivity index (χ4v) is 4.23. The van der Waals surface area contributed by atoms with Gasteiger partial charge in [-0.05, 0) is 48.0 Å². The Morgan fingerprint density at radius 3 is 2.53 bits per heavy atom. The van der Waals surface area contributed by atoms with Crippen LogP contribution in [-0.2, 0) is 0 Å². The average molecular weight is 468 g/mol. The summed E-state index contributed by atoms with van der Waals surface area (Å²) in [4.78, 5) is 10.6. The topological polar surface area (TPSA) is 68.0 Å². The van der Waals surface area contributed by atoms with Crippen molar-refractivity contribution in [3.63, 3.8) is 0 Å². The van der Waals surface area contributed by atoms with Crippen molar-refractivity contribution in [3.8, 4) is 5.75 Å². The zero-order valence-electron chi connectivity index (χ0n) is 15.5. The number of non-ortho nitro benzene ring substituents is 1. The first-order chi connectivity index (χ1) is 14.5. The van der Waals surface area contributed by atoms with Gasteiger partial charge in [-0.2, -0.15) is 5.10 Å². The molecule has 3 aromatic carbocycles. The Labute approximate surface area is 179 Å². The number of fused-ring (bicyclic) bond motifs is 3. The molecule has 2 atom stereocenters. The van der Waals surface area contributed by atoms with Crippen LogP contribution in [0.1, 0.15) is 35.4 Å². The maximum absolute atomic E-state index is 13.4. The Hall–Kier alpha value is -3.26. The molecule has 5 rings (SSSR count). The summed E-state index contributed by atoms with van der Waals surface area (Å²) in [7, 11) is 0. The lowest BCUT2D eigenvalue weighted by Crippen LogP contribution is -2.33. The van der Waals surface area contributed by atoms with Gasteiger partial charge >= 0.3 is 0 Å². The van der Waals surface area contributed by atoms with Crippen molar-refractivity contribution in [2.75, 3.05) is 0 Å². The molecule has 30 heavy (non-hydrogen) atoms. The number of nitro groups is 1. The van der Waals surface area contributed by atoms with E-state index >= 15 is 0 Å². The summed E-state index contributed by atoms with van der Waals surface area (Å²) in [6.07, 6.45) is 0.115. The highest BCUT2D eigenvalue weighted by atomic mass is 79.9. The number of rotatable bonds is 3. The summed E-state index contributed by atoms with van der Waals surface area (Å²) in [6, 6.07) is 18.4. The fourth-order valence-electron chi connectivity index (χ4n) is 3.86. The van der Waals surface area contributed by atoms with Crippen LogP contribution in [0.5, 0.6) is 5.75 Å². The van der Waals surface area contributed by atoms with Crippen LogP contribution in [0.25, 0.3) is 0 Å². The number of hydrogen-bond donors (Lipinski definition) is 0. The fraction of sp³-hybridized carbons (Fsp3) is 0.136. The lowest BCUT2D eigenvalue weighted by atomic mass is 9.96. The van der Waals surface area contributed by atoms with Crippen LogP contribution < -0.4 is 4.74 Å². The molecular formula is C22H15BrFN3O3. The zero-order valence-corrected chi connectivity index (χ0v) is 17.1. The number of hydrazone groups is 1. The van der Waals surface area contributed by atoms with E-state index in [1.807, 2.05) is 23.2 Å². The van der Waals surface area contributed by atoms with Gasteiger partial charge in [0.1, 0.15) is 11.6 Å². The summed E-state index contributed by atoms with van der Waals surface area (Å²) >= 11 is 3.52. The second-order valence-electron chi connectivity index (χ2n) is 7.15. The molecule has 8 heteroatoms. The van der Waals surface area contributed by atoms with Crippen molar-refractivity contribution in [2.24, 2.45) is 5.10 Å². The van der Waals surface area contributed by atoms with Crippen LogP contribution in [-0.4, -0.2) is 15.6 Å². The molecule has 0 aromatic heterocycles. The van der Waals surface area contributed by atoms with Crippen molar-refractivity contribution in [1.29, 1.82) is 0 Å². The van der Waals surface area contributed by atoms with Gasteiger partial charge in [0.15, 0.2) is 0 Å². The summed E-state index contributed by atoms with van der Waals surface area (Å²) < 4.78 is 20.6. The maximum atomic E-state index is 13.4. The zero-order chi connectivity index (χ0) is 20.8. The van der Waals surface area contributed by atoms with Crippen LogP contribution >= 0.6 is 15.9 Å². The van der Waals surface area contributed by atoms with Gasteiger partial charge in [-0.1, -0.05) is 28.1 Å². The van der Waals surface area contributed by atoms with Crippen LogP contribution in [0.3, 0.4) is 0 Å². The third kappa shape index (κ3) is 3.23. The number of ether oxygens (including phenoxy) is 1. The highest BCUT2D eigenvalue weighted by Gasteiger charge is 2.41. The predicted octanol–water partition coefficient (Wildman–Crippen LogP) is 5.74. The summed E-state index contributed by atoms with van der Waals surface area (Å²) in [6.45, 7) is 0. The Kier molecular flexibility index (Phi) is 4.51. The van der Waals surface area contributed by atoms with Crippen LogP contribution in [0.15, 0.2) is 76.3 Å². The van der Waals surface area contributed by atoms with E-state index < -0.39 is 11.2 Å². The van der Waals surface area contributed by atoms with Gasteiger partial charge in [0.2, 0.25) is 6.23 Å². The van der Waals surface area contributed by atoms with Gasteiger partial charge in [0.25, 0.3) is 5.69 Å². The SMILES string of the molecule is O=[N+]([O-])c1ccc(C2Oc3ccc(Br)cc3C3CC(c4ccc(F)cc4)=NN32)cc1. The molecule has 0 N–H and O–H groups in total. The van der Waals surface area contributed by atoms with Gasteiger partial charge in [0, 0.05) is 34.2 Å². The second-order valence-corrected chi connectivity index (χ2v) is 8.07. The molecular weight excluding hydrogens is 453 g/mol. The summed E-state index contributed by atoms with van der Waals surface area (Å²) in [5, 5.41) is 17.7. The third-order valence-corrected chi connectivity index (χ3v) is 5.81. The first-order valence-corrected chi connectivity index (χ1v) is 10.1. The Balaban J connectivity index is 1.57. The molecule has 0 saturated heterocycles. The molecule has 2 aliphatic heterocycles. The minimum Gasteiger partial charge on any atom is -0.464 e. The van der Waals surface area contributed by atoms with Gasteiger partial charge in [-0.15, -0.1) is 0 Å². The number of nitro benzene ring substituents is 1. The van der Waals surface area contributed by atoms with E-state index in [0.717, 1.165) is 32.6 Å². The second kappa shape index (κ2) is 7.21. The van der Waals surface area contributed by atoms with E-state index in [1.165, 1.54) is 24.3 Å². The molecule has 0 saturated carbocycles. The van der Waals surface area contributed by atoms with Crippen LogP contribution in [0.2, 0.25) is 0 Å². The number of benzene rings is 3. The minimum absolute atomic E-state index is 0.0207. The number of hydrogen-bond acceptors (Lipinski definition) is 5. The third-order valence-electron chi connectivity index (χ3n) is 5.32. The first kappa shape index (κ1) is 18.7. The maximum Gasteiger partial charge on any atom is 0.269 e. The van der Waals surface area contributed by atoms with Crippen molar-refractivity contribution >= 4 is 27.3 Å². The standard InChI is InChI=1S/C22H15BrFN3O3/c23-15-5-10-21-18(11-15)20-12-19(13-1-6-16(24)7-2-13)25-26(20)22(30-21)14-3-8-17(9-4-14)27(28)29/h1-11,20,22H,12H2. The molecule has 2 heterocycles. The molecule has 0 bridgehead atoms. The molecule has 3 aromatic rings. The summed E-state index contributed by atoms with van der Waals surface area (Å²) in [5.41, 5.74) is 3.48. The highest BCUT2D eigenvalue weighted by molar-refractivity contribution is 9.10. The molecule has 2 unspecified atom stereocenters. The first-order valence-electron chi connectivity index (χ1n) is 9.32. The predicted molar refractivity (Wildman–Crippen MR) is 113 cm³/mol.